The third kappa shape index (κ3) is 4.32. The van der Waals surface area contributed by atoms with Gasteiger partial charge in [0.1, 0.15) is 5.82 Å². The van der Waals surface area contributed by atoms with Gasteiger partial charge in [-0.25, -0.2) is 4.39 Å². The molecule has 2 aliphatic heterocycles. The van der Waals surface area contributed by atoms with Crippen molar-refractivity contribution in [2.75, 3.05) is 49.1 Å². The van der Waals surface area contributed by atoms with Gasteiger partial charge in [-0.2, -0.15) is 0 Å². The van der Waals surface area contributed by atoms with Gasteiger partial charge in [0.2, 0.25) is 5.91 Å². The summed E-state index contributed by atoms with van der Waals surface area (Å²) >= 11 is 0. The maximum Gasteiger partial charge on any atom is 0.230 e. The van der Waals surface area contributed by atoms with E-state index >= 15 is 0 Å². The smallest absolute Gasteiger partial charge is 0.230 e. The van der Waals surface area contributed by atoms with Crippen molar-refractivity contribution in [2.24, 2.45) is 5.92 Å². The molecule has 0 aromatic heterocycles. The Kier molecular flexibility index (Phi) is 5.67. The van der Waals surface area contributed by atoms with E-state index in [9.17, 15) is 14.3 Å². The van der Waals surface area contributed by atoms with Crippen LogP contribution in [0.2, 0.25) is 0 Å². The predicted molar refractivity (Wildman–Crippen MR) is 120 cm³/mol. The first-order valence-electron chi connectivity index (χ1n) is 11.4. The van der Waals surface area contributed by atoms with Crippen molar-refractivity contribution >= 4 is 17.3 Å². The molecule has 0 radical (unpaired) electrons. The summed E-state index contributed by atoms with van der Waals surface area (Å²) in [6.07, 6.45) is 3.39. The van der Waals surface area contributed by atoms with Crippen molar-refractivity contribution in [3.05, 3.63) is 59.4 Å². The number of halogens is 1. The molecule has 3 aliphatic rings. The quantitative estimate of drug-likeness (QED) is 0.801. The summed E-state index contributed by atoms with van der Waals surface area (Å²) in [4.78, 5) is 18.9. The molecule has 1 saturated heterocycles. The molecule has 1 atom stereocenters. The second-order valence-corrected chi connectivity index (χ2v) is 9.01. The highest BCUT2D eigenvalue weighted by Gasteiger charge is 2.35. The van der Waals surface area contributed by atoms with Crippen LogP contribution in [0.1, 0.15) is 36.5 Å². The van der Waals surface area contributed by atoms with E-state index in [1.165, 1.54) is 11.6 Å². The molecule has 0 unspecified atom stereocenters. The summed E-state index contributed by atoms with van der Waals surface area (Å²) in [5, 5.41) is 10.9. The maximum atomic E-state index is 14.0. The first-order chi connectivity index (χ1) is 15.1. The zero-order chi connectivity index (χ0) is 21.4. The van der Waals surface area contributed by atoms with Crippen molar-refractivity contribution in [1.82, 2.24) is 4.90 Å². The number of amides is 1. The number of hydrogen-bond donors (Lipinski definition) is 1. The number of para-hydroxylation sites is 1. The van der Waals surface area contributed by atoms with E-state index in [-0.39, 0.29) is 17.6 Å². The lowest BCUT2D eigenvalue weighted by Gasteiger charge is -2.37. The van der Waals surface area contributed by atoms with E-state index < -0.39 is 6.10 Å². The summed E-state index contributed by atoms with van der Waals surface area (Å²) in [6, 6.07) is 13.0. The number of rotatable bonds is 5. The van der Waals surface area contributed by atoms with Crippen LogP contribution in [-0.4, -0.2) is 55.2 Å². The van der Waals surface area contributed by atoms with E-state index in [0.29, 0.717) is 12.2 Å². The number of nitrogens with zero attached hydrogens (tertiary/aromatic N) is 3. The Bertz CT molecular complexity index is 954. The van der Waals surface area contributed by atoms with Gasteiger partial charge in [-0.15, -0.1) is 0 Å². The van der Waals surface area contributed by atoms with Crippen LogP contribution in [0.15, 0.2) is 42.5 Å². The summed E-state index contributed by atoms with van der Waals surface area (Å²) in [5.74, 6) is 0.306. The Hall–Kier alpha value is -2.44. The number of benzene rings is 2. The van der Waals surface area contributed by atoms with Gasteiger partial charge in [0.25, 0.3) is 0 Å². The highest BCUT2D eigenvalue weighted by molar-refractivity contribution is 5.97. The van der Waals surface area contributed by atoms with Gasteiger partial charge in [-0.3, -0.25) is 9.69 Å². The Morgan fingerprint density at radius 3 is 2.55 bits per heavy atom. The summed E-state index contributed by atoms with van der Waals surface area (Å²) < 4.78 is 14.0. The number of aryl methyl sites for hydroxylation is 1. The molecule has 1 aliphatic carbocycles. The molecule has 0 spiro atoms. The van der Waals surface area contributed by atoms with Crippen LogP contribution in [0.3, 0.4) is 0 Å². The summed E-state index contributed by atoms with van der Waals surface area (Å²) in [5.41, 5.74) is 3.76. The molecule has 2 aromatic rings. The fourth-order valence-electron chi connectivity index (χ4n) is 4.83. The first-order valence-corrected chi connectivity index (χ1v) is 11.4. The van der Waals surface area contributed by atoms with Crippen LogP contribution in [0.5, 0.6) is 0 Å². The average Bonchev–Trinajstić information content (AvgIpc) is 3.64. The molecule has 2 heterocycles. The van der Waals surface area contributed by atoms with E-state index in [2.05, 4.69) is 15.9 Å². The number of aliphatic hydroxyl groups is 1. The zero-order valence-electron chi connectivity index (χ0n) is 17.8. The van der Waals surface area contributed by atoms with Crippen LogP contribution < -0.4 is 9.80 Å². The minimum atomic E-state index is -0.570. The minimum absolute atomic E-state index is 0.181. The Morgan fingerprint density at radius 1 is 1.03 bits per heavy atom. The summed E-state index contributed by atoms with van der Waals surface area (Å²) in [6.45, 7) is 4.44. The molecule has 0 bridgehead atoms. The van der Waals surface area contributed by atoms with Crippen molar-refractivity contribution in [1.29, 1.82) is 0 Å². The molecular formula is C25H30FN3O2. The van der Waals surface area contributed by atoms with Crippen molar-refractivity contribution in [3.8, 4) is 0 Å². The number of fused-ring (bicyclic) bond motifs is 1. The van der Waals surface area contributed by atoms with Gasteiger partial charge in [0.05, 0.1) is 11.8 Å². The second-order valence-electron chi connectivity index (χ2n) is 9.01. The maximum absolute atomic E-state index is 14.0. The number of hydrogen-bond acceptors (Lipinski definition) is 4. The van der Waals surface area contributed by atoms with Crippen LogP contribution >= 0.6 is 0 Å². The second kappa shape index (κ2) is 8.60. The zero-order valence-corrected chi connectivity index (χ0v) is 17.8. The van der Waals surface area contributed by atoms with Gasteiger partial charge in [0, 0.05) is 50.9 Å². The SMILES string of the molecule is O=C(C1CC1)N1CCCc2cc([C@@H](O)CN3CCN(c4ccccc4F)CC3)ccc21. The lowest BCUT2D eigenvalue weighted by atomic mass is 9.96. The molecule has 5 nitrogen and oxygen atoms in total. The van der Waals surface area contributed by atoms with Crippen molar-refractivity contribution < 1.29 is 14.3 Å². The predicted octanol–water partition coefficient (Wildman–Crippen LogP) is 3.37. The fraction of sp³-hybridized carbons (Fsp3) is 0.480. The molecule has 1 saturated carbocycles. The number of carbonyl (C=O) groups is 1. The third-order valence-corrected chi connectivity index (χ3v) is 6.80. The van der Waals surface area contributed by atoms with E-state index in [1.807, 2.05) is 29.2 Å². The third-order valence-electron chi connectivity index (χ3n) is 6.80. The Balaban J connectivity index is 1.21. The number of anilines is 2. The molecule has 1 N–H and O–H groups in total. The van der Waals surface area contributed by atoms with Gasteiger partial charge in [0.15, 0.2) is 0 Å². The van der Waals surface area contributed by atoms with Crippen LogP contribution in [0.4, 0.5) is 15.8 Å². The number of β-amino-alcohol motifs (C(OH)–C–C–N with tert-alkyl or cyclic N) is 1. The lowest BCUT2D eigenvalue weighted by Crippen LogP contribution is -2.47. The van der Waals surface area contributed by atoms with Gasteiger partial charge >= 0.3 is 0 Å². The highest BCUT2D eigenvalue weighted by atomic mass is 19.1. The Morgan fingerprint density at radius 2 is 1.81 bits per heavy atom. The monoisotopic (exact) mass is 423 g/mol. The van der Waals surface area contributed by atoms with Gasteiger partial charge in [-0.05, 0) is 55.0 Å². The van der Waals surface area contributed by atoms with Crippen molar-refractivity contribution in [2.45, 2.75) is 31.8 Å². The molecule has 2 aromatic carbocycles. The molecular weight excluding hydrogens is 393 g/mol. The van der Waals surface area contributed by atoms with E-state index in [1.54, 1.807) is 6.07 Å². The van der Waals surface area contributed by atoms with E-state index in [0.717, 1.165) is 69.7 Å². The minimum Gasteiger partial charge on any atom is -0.387 e. The molecule has 5 rings (SSSR count). The first kappa shape index (κ1) is 20.5. The van der Waals surface area contributed by atoms with E-state index in [4.69, 9.17) is 0 Å². The van der Waals surface area contributed by atoms with Crippen LogP contribution in [-0.2, 0) is 11.2 Å². The topological polar surface area (TPSA) is 47.0 Å². The number of piperazine rings is 1. The van der Waals surface area contributed by atoms with Gasteiger partial charge in [-0.1, -0.05) is 24.3 Å². The largest absolute Gasteiger partial charge is 0.387 e. The van der Waals surface area contributed by atoms with Gasteiger partial charge < -0.3 is 14.9 Å². The molecule has 6 heteroatoms. The normalized spacial score (nSPS) is 20.5. The molecule has 31 heavy (non-hydrogen) atoms. The molecule has 2 fully saturated rings. The van der Waals surface area contributed by atoms with Crippen LogP contribution in [0.25, 0.3) is 0 Å². The molecule has 1 amide bonds. The highest BCUT2D eigenvalue weighted by Crippen LogP contribution is 2.36. The fourth-order valence-corrected chi connectivity index (χ4v) is 4.83. The summed E-state index contributed by atoms with van der Waals surface area (Å²) in [7, 11) is 0. The molecule has 164 valence electrons. The van der Waals surface area contributed by atoms with Crippen LogP contribution in [0, 0.1) is 11.7 Å². The van der Waals surface area contributed by atoms with Crippen molar-refractivity contribution in [3.63, 3.8) is 0 Å². The Labute approximate surface area is 183 Å². The lowest BCUT2D eigenvalue weighted by molar-refractivity contribution is -0.119. The number of carbonyl (C=O) groups excluding carboxylic acids is 1. The standard InChI is InChI=1S/C25H30FN3O2/c26-21-5-1-2-6-23(21)28-14-12-27(13-15-28)17-24(30)20-9-10-22-19(16-20)4-3-11-29(22)25(31)18-7-8-18/h1-2,5-6,9-10,16,18,24,30H,3-4,7-8,11-15,17H2/t24-/m0/s1. The number of aliphatic hydroxyl groups excluding tert-OH is 1. The average molecular weight is 424 g/mol.